The van der Waals surface area contributed by atoms with Gasteiger partial charge in [-0.25, -0.2) is 4.39 Å². The van der Waals surface area contributed by atoms with Gasteiger partial charge in [0.05, 0.1) is 0 Å². The van der Waals surface area contributed by atoms with Crippen LogP contribution in [-0.2, 0) is 0 Å². The lowest BCUT2D eigenvalue weighted by molar-refractivity contribution is 0.277. The maximum atomic E-state index is 13.4. The summed E-state index contributed by atoms with van der Waals surface area (Å²) >= 11 is 0. The summed E-state index contributed by atoms with van der Waals surface area (Å²) in [5.41, 5.74) is 4.40. The highest BCUT2D eigenvalue weighted by molar-refractivity contribution is 5.75. The second-order valence-corrected chi connectivity index (χ2v) is 5.48. The lowest BCUT2D eigenvalue weighted by Gasteiger charge is -2.30. The zero-order valence-corrected chi connectivity index (χ0v) is 12.9. The Morgan fingerprint density at radius 3 is 2.65 bits per heavy atom. The fraction of sp³-hybridized carbons (Fsp3) is 0.444. The van der Waals surface area contributed by atoms with Crippen LogP contribution in [0.25, 0.3) is 5.57 Å². The van der Waals surface area contributed by atoms with Crippen molar-refractivity contribution in [3.63, 3.8) is 0 Å². The Morgan fingerprint density at radius 1 is 1.30 bits per heavy atom. The zero-order valence-electron chi connectivity index (χ0n) is 12.9. The van der Waals surface area contributed by atoms with E-state index in [1.54, 1.807) is 6.07 Å². The van der Waals surface area contributed by atoms with Gasteiger partial charge in [-0.05, 0) is 68.5 Å². The number of allylic oxidation sites excluding steroid dienone is 3. The van der Waals surface area contributed by atoms with E-state index in [1.165, 1.54) is 11.3 Å². The first-order chi connectivity index (χ1) is 9.56. The maximum absolute atomic E-state index is 13.4. The average molecular weight is 273 g/mol. The Labute approximate surface area is 121 Å². The molecule has 0 saturated carbocycles. The van der Waals surface area contributed by atoms with Crippen molar-refractivity contribution in [2.75, 3.05) is 6.54 Å². The minimum absolute atomic E-state index is 0.133. The summed E-state index contributed by atoms with van der Waals surface area (Å²) in [5.74, 6) is -0.133. The highest BCUT2D eigenvalue weighted by atomic mass is 19.1. The lowest BCUT2D eigenvalue weighted by atomic mass is 10.0. The van der Waals surface area contributed by atoms with Gasteiger partial charge in [-0.2, -0.15) is 0 Å². The van der Waals surface area contributed by atoms with Crippen LogP contribution >= 0.6 is 0 Å². The van der Waals surface area contributed by atoms with E-state index in [1.807, 2.05) is 19.1 Å². The predicted octanol–water partition coefficient (Wildman–Crippen LogP) is 4.93. The fourth-order valence-electron chi connectivity index (χ4n) is 2.87. The third-order valence-electron chi connectivity index (χ3n) is 4.10. The number of hydrogen-bond acceptors (Lipinski definition) is 1. The SMILES string of the molecule is CCC1=CC(c2ccc(F)c(C)c2)=CCC(C)N1CC. The second kappa shape index (κ2) is 6.25. The third-order valence-corrected chi connectivity index (χ3v) is 4.10. The summed E-state index contributed by atoms with van der Waals surface area (Å²) in [7, 11) is 0. The lowest BCUT2D eigenvalue weighted by Crippen LogP contribution is -2.31. The van der Waals surface area contributed by atoms with Crippen LogP contribution in [0.1, 0.15) is 44.7 Å². The van der Waals surface area contributed by atoms with Crippen LogP contribution in [0.15, 0.2) is 36.0 Å². The Morgan fingerprint density at radius 2 is 2.05 bits per heavy atom. The Kier molecular flexibility index (Phi) is 4.64. The van der Waals surface area contributed by atoms with Gasteiger partial charge in [-0.1, -0.05) is 19.1 Å². The van der Waals surface area contributed by atoms with Crippen molar-refractivity contribution in [1.29, 1.82) is 0 Å². The van der Waals surface area contributed by atoms with E-state index in [9.17, 15) is 4.39 Å². The van der Waals surface area contributed by atoms with Gasteiger partial charge in [-0.15, -0.1) is 0 Å². The molecule has 1 heterocycles. The van der Waals surface area contributed by atoms with E-state index < -0.39 is 0 Å². The van der Waals surface area contributed by atoms with Gasteiger partial charge in [0.1, 0.15) is 5.82 Å². The zero-order chi connectivity index (χ0) is 14.7. The van der Waals surface area contributed by atoms with Crippen LogP contribution in [0.4, 0.5) is 4.39 Å². The average Bonchev–Trinajstić information content (AvgIpc) is 2.60. The number of benzene rings is 1. The van der Waals surface area contributed by atoms with Crippen molar-refractivity contribution < 1.29 is 4.39 Å². The van der Waals surface area contributed by atoms with E-state index in [0.717, 1.165) is 24.9 Å². The molecule has 2 rings (SSSR count). The first kappa shape index (κ1) is 14.8. The molecule has 1 aliphatic heterocycles. The largest absolute Gasteiger partial charge is 0.372 e. The summed E-state index contributed by atoms with van der Waals surface area (Å²) in [6.45, 7) is 9.52. The van der Waals surface area contributed by atoms with Crippen LogP contribution in [0, 0.1) is 12.7 Å². The summed E-state index contributed by atoms with van der Waals surface area (Å²) < 4.78 is 13.4. The molecule has 0 amide bonds. The summed E-state index contributed by atoms with van der Waals surface area (Å²) in [5, 5.41) is 0. The minimum atomic E-state index is -0.133. The molecule has 0 saturated heterocycles. The quantitative estimate of drug-likeness (QED) is 0.755. The number of rotatable bonds is 3. The van der Waals surface area contributed by atoms with Crippen molar-refractivity contribution >= 4 is 5.57 Å². The van der Waals surface area contributed by atoms with E-state index in [0.29, 0.717) is 11.6 Å². The summed E-state index contributed by atoms with van der Waals surface area (Å²) in [6, 6.07) is 5.91. The highest BCUT2D eigenvalue weighted by Gasteiger charge is 2.17. The molecule has 1 aromatic rings. The Balaban J connectivity index is 2.42. The van der Waals surface area contributed by atoms with Gasteiger partial charge in [-0.3, -0.25) is 0 Å². The van der Waals surface area contributed by atoms with Crippen molar-refractivity contribution in [3.05, 3.63) is 53.0 Å². The number of hydrogen-bond donors (Lipinski definition) is 0. The van der Waals surface area contributed by atoms with Gasteiger partial charge in [0.2, 0.25) is 0 Å². The Hall–Kier alpha value is -1.57. The smallest absolute Gasteiger partial charge is 0.126 e. The summed E-state index contributed by atoms with van der Waals surface area (Å²) in [6.07, 6.45) is 6.59. The molecular weight excluding hydrogens is 249 g/mol. The molecule has 0 aliphatic carbocycles. The van der Waals surface area contributed by atoms with Gasteiger partial charge >= 0.3 is 0 Å². The second-order valence-electron chi connectivity index (χ2n) is 5.48. The van der Waals surface area contributed by atoms with E-state index in [2.05, 4.69) is 37.8 Å². The van der Waals surface area contributed by atoms with Gasteiger partial charge in [0.25, 0.3) is 0 Å². The molecule has 20 heavy (non-hydrogen) atoms. The van der Waals surface area contributed by atoms with Gasteiger partial charge in [0, 0.05) is 18.3 Å². The van der Waals surface area contributed by atoms with Crippen LogP contribution in [0.2, 0.25) is 0 Å². The molecule has 0 aromatic heterocycles. The molecule has 1 aromatic carbocycles. The standard InChI is InChI=1S/C18H24FN/c1-5-17-12-16(8-7-14(4)20(17)6-2)15-9-10-18(19)13(3)11-15/h8-12,14H,5-7H2,1-4H3. The molecule has 0 spiro atoms. The van der Waals surface area contributed by atoms with Crippen LogP contribution in [-0.4, -0.2) is 17.5 Å². The van der Waals surface area contributed by atoms with Crippen LogP contribution < -0.4 is 0 Å². The fourth-order valence-corrected chi connectivity index (χ4v) is 2.87. The molecule has 108 valence electrons. The molecule has 1 unspecified atom stereocenters. The molecule has 0 fully saturated rings. The summed E-state index contributed by atoms with van der Waals surface area (Å²) in [4.78, 5) is 2.46. The minimum Gasteiger partial charge on any atom is -0.372 e. The topological polar surface area (TPSA) is 3.24 Å². The van der Waals surface area contributed by atoms with Crippen molar-refractivity contribution in [2.24, 2.45) is 0 Å². The van der Waals surface area contributed by atoms with Crippen molar-refractivity contribution in [1.82, 2.24) is 4.90 Å². The van der Waals surface area contributed by atoms with E-state index in [4.69, 9.17) is 0 Å². The number of aryl methyl sites for hydroxylation is 1. The van der Waals surface area contributed by atoms with Crippen LogP contribution in [0.3, 0.4) is 0 Å². The molecule has 1 nitrogen and oxygen atoms in total. The first-order valence-electron chi connectivity index (χ1n) is 7.50. The van der Waals surface area contributed by atoms with Gasteiger partial charge < -0.3 is 4.90 Å². The molecule has 0 N–H and O–H groups in total. The van der Waals surface area contributed by atoms with Crippen molar-refractivity contribution in [3.8, 4) is 0 Å². The monoisotopic (exact) mass is 273 g/mol. The highest BCUT2D eigenvalue weighted by Crippen LogP contribution is 2.28. The molecule has 0 bridgehead atoms. The maximum Gasteiger partial charge on any atom is 0.126 e. The number of nitrogens with zero attached hydrogens (tertiary/aromatic N) is 1. The molecule has 1 atom stereocenters. The molecule has 1 aliphatic rings. The third kappa shape index (κ3) is 2.95. The molecule has 2 heteroatoms. The van der Waals surface area contributed by atoms with Crippen molar-refractivity contribution in [2.45, 2.75) is 46.6 Å². The number of halogens is 1. The molecular formula is C18H24FN. The van der Waals surface area contributed by atoms with E-state index >= 15 is 0 Å². The first-order valence-corrected chi connectivity index (χ1v) is 7.50. The van der Waals surface area contributed by atoms with E-state index in [-0.39, 0.29) is 5.82 Å². The molecule has 0 radical (unpaired) electrons. The van der Waals surface area contributed by atoms with Gasteiger partial charge in [0.15, 0.2) is 0 Å². The normalized spacial score (nSPS) is 19.4. The Bertz CT molecular complexity index is 542. The van der Waals surface area contributed by atoms with Crippen LogP contribution in [0.5, 0.6) is 0 Å². The predicted molar refractivity (Wildman–Crippen MR) is 83.9 cm³/mol.